The van der Waals surface area contributed by atoms with Gasteiger partial charge in [0.15, 0.2) is 11.6 Å². The fraction of sp³-hybridized carbons (Fsp3) is 0.0667. The van der Waals surface area contributed by atoms with Crippen LogP contribution in [0.15, 0.2) is 48.5 Å². The smallest absolute Gasteiger partial charge is 0.170 e. The Labute approximate surface area is 137 Å². The van der Waals surface area contributed by atoms with E-state index in [0.717, 1.165) is 11.3 Å². The van der Waals surface area contributed by atoms with Crippen LogP contribution in [0, 0.1) is 0 Å². The fourth-order valence-corrected chi connectivity index (χ4v) is 2.66. The lowest BCUT2D eigenvalue weighted by atomic mass is 10.2. The molecule has 0 aliphatic rings. The minimum Gasteiger partial charge on any atom is -0.278 e. The molecule has 2 aromatic carbocycles. The van der Waals surface area contributed by atoms with Crippen molar-refractivity contribution in [2.24, 2.45) is 0 Å². The van der Waals surface area contributed by atoms with Gasteiger partial charge in [0.05, 0.1) is 15.9 Å². The second-order valence-electron chi connectivity index (χ2n) is 4.35. The summed E-state index contributed by atoms with van der Waals surface area (Å²) in [5.74, 6) is 1.51. The molecule has 0 fully saturated rings. The molecule has 0 saturated heterocycles. The van der Waals surface area contributed by atoms with Crippen LogP contribution in [-0.4, -0.2) is 14.8 Å². The summed E-state index contributed by atoms with van der Waals surface area (Å²) in [5.41, 5.74) is 1.64. The molecule has 0 aliphatic carbocycles. The first-order valence-electron chi connectivity index (χ1n) is 6.22. The van der Waals surface area contributed by atoms with Gasteiger partial charge in [-0.15, -0.1) is 21.8 Å². The highest BCUT2D eigenvalue weighted by atomic mass is 35.5. The van der Waals surface area contributed by atoms with Crippen LogP contribution < -0.4 is 0 Å². The molecule has 106 valence electrons. The molecule has 3 nitrogen and oxygen atoms in total. The zero-order chi connectivity index (χ0) is 14.8. The van der Waals surface area contributed by atoms with E-state index in [9.17, 15) is 0 Å². The minimum atomic E-state index is 0.250. The number of halogens is 3. The minimum absolute atomic E-state index is 0.250. The van der Waals surface area contributed by atoms with Gasteiger partial charge in [0.2, 0.25) is 0 Å². The molecule has 0 amide bonds. The summed E-state index contributed by atoms with van der Waals surface area (Å²) in [5, 5.41) is 9.28. The molecule has 0 aliphatic heterocycles. The Morgan fingerprint density at radius 1 is 0.905 bits per heavy atom. The zero-order valence-corrected chi connectivity index (χ0v) is 13.1. The molecule has 0 spiro atoms. The van der Waals surface area contributed by atoms with Crippen LogP contribution in [0.5, 0.6) is 0 Å². The van der Waals surface area contributed by atoms with Crippen molar-refractivity contribution in [1.29, 1.82) is 0 Å². The summed E-state index contributed by atoms with van der Waals surface area (Å²) < 4.78 is 1.88. The molecule has 21 heavy (non-hydrogen) atoms. The molecular weight excluding hydrogens is 329 g/mol. The first-order chi connectivity index (χ1) is 10.2. The predicted molar refractivity (Wildman–Crippen MR) is 86.4 cm³/mol. The van der Waals surface area contributed by atoms with Gasteiger partial charge in [-0.05, 0) is 24.3 Å². The Hall–Kier alpha value is -1.55. The van der Waals surface area contributed by atoms with Gasteiger partial charge >= 0.3 is 0 Å². The van der Waals surface area contributed by atoms with Crippen molar-refractivity contribution in [3.63, 3.8) is 0 Å². The average Bonchev–Trinajstić information content (AvgIpc) is 2.94. The Bertz CT molecular complexity index is 769. The number of hydrogen-bond acceptors (Lipinski definition) is 2. The Kier molecular flexibility index (Phi) is 4.15. The van der Waals surface area contributed by atoms with Crippen LogP contribution in [0.4, 0.5) is 0 Å². The van der Waals surface area contributed by atoms with Crippen molar-refractivity contribution >= 4 is 34.8 Å². The standard InChI is InChI=1S/C15H10Cl3N3/c16-9-13-19-20-15(11-7-4-8-12(17)14(11)18)21(13)10-5-2-1-3-6-10/h1-8H,9H2. The van der Waals surface area contributed by atoms with Gasteiger partial charge in [-0.2, -0.15) is 0 Å². The molecule has 3 aromatic rings. The van der Waals surface area contributed by atoms with Crippen LogP contribution in [0.3, 0.4) is 0 Å². The lowest BCUT2D eigenvalue weighted by Gasteiger charge is -2.10. The highest BCUT2D eigenvalue weighted by molar-refractivity contribution is 6.43. The van der Waals surface area contributed by atoms with Gasteiger partial charge in [-0.1, -0.05) is 47.5 Å². The van der Waals surface area contributed by atoms with Crippen molar-refractivity contribution in [2.45, 2.75) is 5.88 Å². The predicted octanol–water partition coefficient (Wildman–Crippen LogP) is 4.98. The van der Waals surface area contributed by atoms with E-state index in [1.807, 2.05) is 47.0 Å². The monoisotopic (exact) mass is 337 g/mol. The normalized spacial score (nSPS) is 10.8. The third-order valence-corrected chi connectivity index (χ3v) is 4.11. The quantitative estimate of drug-likeness (QED) is 0.631. The summed E-state index contributed by atoms with van der Waals surface area (Å²) >= 11 is 18.4. The lowest BCUT2D eigenvalue weighted by Crippen LogP contribution is -2.01. The number of rotatable bonds is 3. The van der Waals surface area contributed by atoms with Crippen LogP contribution in [0.2, 0.25) is 10.0 Å². The maximum absolute atomic E-state index is 6.29. The van der Waals surface area contributed by atoms with E-state index in [1.54, 1.807) is 6.07 Å². The van der Waals surface area contributed by atoms with Crippen LogP contribution in [0.1, 0.15) is 5.82 Å². The highest BCUT2D eigenvalue weighted by Gasteiger charge is 2.18. The molecule has 6 heteroatoms. The lowest BCUT2D eigenvalue weighted by molar-refractivity contribution is 0.953. The summed E-state index contributed by atoms with van der Waals surface area (Å²) in [7, 11) is 0. The van der Waals surface area contributed by atoms with E-state index in [-0.39, 0.29) is 5.88 Å². The molecule has 1 heterocycles. The largest absolute Gasteiger partial charge is 0.278 e. The molecule has 3 rings (SSSR count). The fourth-order valence-electron chi connectivity index (χ4n) is 2.10. The van der Waals surface area contributed by atoms with E-state index in [2.05, 4.69) is 10.2 Å². The van der Waals surface area contributed by atoms with Gasteiger partial charge in [-0.3, -0.25) is 4.57 Å². The number of aromatic nitrogens is 3. The van der Waals surface area contributed by atoms with Crippen molar-refractivity contribution in [3.05, 3.63) is 64.4 Å². The van der Waals surface area contributed by atoms with E-state index < -0.39 is 0 Å². The van der Waals surface area contributed by atoms with Crippen molar-refractivity contribution in [3.8, 4) is 17.1 Å². The third-order valence-electron chi connectivity index (χ3n) is 3.06. The van der Waals surface area contributed by atoms with Crippen LogP contribution in [-0.2, 0) is 5.88 Å². The molecule has 0 saturated carbocycles. The first kappa shape index (κ1) is 14.4. The number of para-hydroxylation sites is 1. The molecule has 0 radical (unpaired) electrons. The maximum Gasteiger partial charge on any atom is 0.170 e. The molecular formula is C15H10Cl3N3. The summed E-state index contributed by atoms with van der Waals surface area (Å²) in [6.45, 7) is 0. The van der Waals surface area contributed by atoms with E-state index in [0.29, 0.717) is 21.7 Å². The van der Waals surface area contributed by atoms with E-state index >= 15 is 0 Å². The SMILES string of the molecule is ClCc1nnc(-c2cccc(Cl)c2Cl)n1-c1ccccc1. The Morgan fingerprint density at radius 3 is 2.38 bits per heavy atom. The van der Waals surface area contributed by atoms with Crippen molar-refractivity contribution in [1.82, 2.24) is 14.8 Å². The molecule has 0 bridgehead atoms. The summed E-state index contributed by atoms with van der Waals surface area (Å²) in [4.78, 5) is 0. The first-order valence-corrected chi connectivity index (χ1v) is 7.51. The van der Waals surface area contributed by atoms with Crippen LogP contribution >= 0.6 is 34.8 Å². The van der Waals surface area contributed by atoms with E-state index in [1.165, 1.54) is 0 Å². The number of nitrogens with zero attached hydrogens (tertiary/aromatic N) is 3. The number of hydrogen-bond donors (Lipinski definition) is 0. The number of benzene rings is 2. The molecule has 0 atom stereocenters. The van der Waals surface area contributed by atoms with Crippen LogP contribution in [0.25, 0.3) is 17.1 Å². The van der Waals surface area contributed by atoms with Crippen molar-refractivity contribution in [2.75, 3.05) is 0 Å². The second-order valence-corrected chi connectivity index (χ2v) is 5.40. The molecule has 0 N–H and O–H groups in total. The van der Waals surface area contributed by atoms with Gasteiger partial charge in [0.25, 0.3) is 0 Å². The summed E-state index contributed by atoms with van der Waals surface area (Å²) in [6, 6.07) is 15.2. The molecule has 1 aromatic heterocycles. The number of alkyl halides is 1. The van der Waals surface area contributed by atoms with Gasteiger partial charge in [-0.25, -0.2) is 0 Å². The summed E-state index contributed by atoms with van der Waals surface area (Å²) in [6.07, 6.45) is 0. The zero-order valence-electron chi connectivity index (χ0n) is 10.8. The molecule has 0 unspecified atom stereocenters. The second kappa shape index (κ2) is 6.06. The average molecular weight is 339 g/mol. The highest BCUT2D eigenvalue weighted by Crippen LogP contribution is 2.34. The topological polar surface area (TPSA) is 30.7 Å². The van der Waals surface area contributed by atoms with Gasteiger partial charge < -0.3 is 0 Å². The third kappa shape index (κ3) is 2.64. The Morgan fingerprint density at radius 2 is 1.67 bits per heavy atom. The Balaban J connectivity index is 2.25. The van der Waals surface area contributed by atoms with Crippen molar-refractivity contribution < 1.29 is 0 Å². The maximum atomic E-state index is 6.29. The van der Waals surface area contributed by atoms with Gasteiger partial charge in [0, 0.05) is 11.3 Å². The van der Waals surface area contributed by atoms with Gasteiger partial charge in [0.1, 0.15) is 0 Å². The van der Waals surface area contributed by atoms with E-state index in [4.69, 9.17) is 34.8 Å².